The molecular weight excluding hydrogens is 666 g/mol. The van der Waals surface area contributed by atoms with E-state index in [4.69, 9.17) is 9.15 Å². The zero-order valence-electron chi connectivity index (χ0n) is 26.0. The highest BCUT2D eigenvalue weighted by molar-refractivity contribution is 7.91. The number of halogens is 4. The summed E-state index contributed by atoms with van der Waals surface area (Å²) >= 11 is 0. The molecule has 2 aromatic heterocycles. The van der Waals surface area contributed by atoms with E-state index < -0.39 is 62.0 Å². The highest BCUT2D eigenvalue weighted by Crippen LogP contribution is 2.38. The van der Waals surface area contributed by atoms with Crippen LogP contribution in [0.4, 0.5) is 34.1 Å². The van der Waals surface area contributed by atoms with Crippen LogP contribution < -0.4 is 15.5 Å². The summed E-state index contributed by atoms with van der Waals surface area (Å²) in [6, 6.07) is 5.63. The second-order valence-electron chi connectivity index (χ2n) is 12.0. The van der Waals surface area contributed by atoms with Crippen LogP contribution in [0.15, 0.2) is 50.2 Å². The molecule has 0 saturated heterocycles. The maximum absolute atomic E-state index is 15.5. The molecule has 3 heterocycles. The molecule has 0 saturated carbocycles. The summed E-state index contributed by atoms with van der Waals surface area (Å²) in [4.78, 5) is 30.5. The molecule has 4 aromatic rings. The number of benzene rings is 2. The molecule has 5 rings (SSSR count). The van der Waals surface area contributed by atoms with Crippen molar-refractivity contribution < 1.29 is 49.2 Å². The molecule has 0 aliphatic carbocycles. The van der Waals surface area contributed by atoms with Crippen molar-refractivity contribution in [1.82, 2.24) is 25.7 Å². The molecule has 2 N–H and O–H groups in total. The summed E-state index contributed by atoms with van der Waals surface area (Å²) in [7, 11) is -4.43. The van der Waals surface area contributed by atoms with Crippen molar-refractivity contribution in [3.63, 3.8) is 0 Å². The Bertz CT molecular complexity index is 1950. The van der Waals surface area contributed by atoms with E-state index in [1.54, 1.807) is 34.6 Å². The number of carbonyl (C=O) groups excluding carboxylic acids is 2. The van der Waals surface area contributed by atoms with Crippen LogP contribution in [-0.4, -0.2) is 64.2 Å². The Balaban J connectivity index is 1.56. The quantitative estimate of drug-likeness (QED) is 0.248. The topological polar surface area (TPSA) is 183 Å². The molecule has 1 aliphatic rings. The monoisotopic (exact) mass is 695 g/mol. The van der Waals surface area contributed by atoms with Crippen LogP contribution in [0.3, 0.4) is 0 Å². The van der Waals surface area contributed by atoms with Crippen LogP contribution in [0.2, 0.25) is 0 Å². The van der Waals surface area contributed by atoms with Crippen LogP contribution in [0, 0.1) is 5.82 Å². The number of alkyl halides is 3. The highest BCUT2D eigenvalue weighted by Gasteiger charge is 2.41. The fourth-order valence-electron chi connectivity index (χ4n) is 4.61. The molecule has 0 unspecified atom stereocenters. The summed E-state index contributed by atoms with van der Waals surface area (Å²) in [6.45, 7) is 8.00. The number of anilines is 2. The van der Waals surface area contributed by atoms with Crippen molar-refractivity contribution in [1.29, 1.82) is 0 Å². The van der Waals surface area contributed by atoms with Gasteiger partial charge in [-0.15, -0.1) is 5.10 Å². The fourth-order valence-corrected chi connectivity index (χ4v) is 6.22. The summed E-state index contributed by atoms with van der Waals surface area (Å²) in [5.74, 6) is -5.03. The van der Waals surface area contributed by atoms with E-state index in [0.29, 0.717) is 5.56 Å². The molecule has 0 radical (unpaired) electrons. The van der Waals surface area contributed by atoms with Gasteiger partial charge in [-0.3, -0.25) is 4.79 Å². The van der Waals surface area contributed by atoms with E-state index in [1.165, 1.54) is 24.3 Å². The van der Waals surface area contributed by atoms with Gasteiger partial charge in [0.1, 0.15) is 17.5 Å². The molecule has 19 heteroatoms. The number of sulfone groups is 1. The Hall–Kier alpha value is -5.07. The molecule has 0 bridgehead atoms. The number of ether oxygens (including phenoxy) is 1. The predicted molar refractivity (Wildman–Crippen MR) is 160 cm³/mol. The number of alkyl carbamates (subject to hydrolysis) is 1. The largest absolute Gasteiger partial charge is 0.471 e. The van der Waals surface area contributed by atoms with E-state index in [9.17, 15) is 31.2 Å². The van der Waals surface area contributed by atoms with Crippen LogP contribution >= 0.6 is 0 Å². The Morgan fingerprint density at radius 3 is 2.42 bits per heavy atom. The SMILES string of the molecule is CC(C)Nc1nnc(-c2cc3c(cc2F)S(=O)(=O)C[C@H](NC(=O)OC(C)(C)C)C(=O)N3Cc2ccc(-c3noc(C(F)(F)F)n3)cc2)o1. The molecule has 1 atom stereocenters. The van der Waals surface area contributed by atoms with Crippen LogP contribution in [0.1, 0.15) is 46.1 Å². The van der Waals surface area contributed by atoms with Gasteiger partial charge in [0.05, 0.1) is 28.4 Å². The second kappa shape index (κ2) is 12.5. The lowest BCUT2D eigenvalue weighted by atomic mass is 10.1. The van der Waals surface area contributed by atoms with Crippen LogP contribution in [-0.2, 0) is 32.1 Å². The Labute approximate surface area is 270 Å². The third-order valence-electron chi connectivity index (χ3n) is 6.60. The maximum atomic E-state index is 15.5. The summed E-state index contributed by atoms with van der Waals surface area (Å²) in [5, 5.41) is 16.2. The minimum atomic E-state index is -4.85. The molecule has 256 valence electrons. The first-order chi connectivity index (χ1) is 22.3. The van der Waals surface area contributed by atoms with Gasteiger partial charge in [0, 0.05) is 11.6 Å². The van der Waals surface area contributed by atoms with E-state index in [1.807, 2.05) is 0 Å². The molecule has 2 aromatic carbocycles. The lowest BCUT2D eigenvalue weighted by molar-refractivity contribution is -0.159. The first-order valence-corrected chi connectivity index (χ1v) is 15.9. The number of aromatic nitrogens is 4. The first-order valence-electron chi connectivity index (χ1n) is 14.3. The minimum absolute atomic E-state index is 0.0273. The van der Waals surface area contributed by atoms with E-state index >= 15 is 4.39 Å². The van der Waals surface area contributed by atoms with Crippen molar-refractivity contribution in [3.8, 4) is 22.8 Å². The Morgan fingerprint density at radius 2 is 1.81 bits per heavy atom. The number of carbonyl (C=O) groups is 2. The predicted octanol–water partition coefficient (Wildman–Crippen LogP) is 4.98. The lowest BCUT2D eigenvalue weighted by Crippen LogP contribution is -2.51. The summed E-state index contributed by atoms with van der Waals surface area (Å²) in [6.07, 6.45) is -5.91. The highest BCUT2D eigenvalue weighted by atomic mass is 32.2. The van der Waals surface area contributed by atoms with Gasteiger partial charge in [-0.2, -0.15) is 18.2 Å². The van der Waals surface area contributed by atoms with Crippen molar-refractivity contribution in [2.45, 2.75) is 69.9 Å². The number of amides is 2. The molecule has 1 aliphatic heterocycles. The lowest BCUT2D eigenvalue weighted by Gasteiger charge is -2.27. The number of nitrogens with one attached hydrogen (secondary N) is 2. The van der Waals surface area contributed by atoms with Crippen molar-refractivity contribution >= 4 is 33.5 Å². The van der Waals surface area contributed by atoms with Crippen LogP contribution in [0.5, 0.6) is 0 Å². The van der Waals surface area contributed by atoms with Gasteiger partial charge in [0.2, 0.25) is 5.82 Å². The zero-order chi connectivity index (χ0) is 35.2. The second-order valence-corrected chi connectivity index (χ2v) is 14.0. The third kappa shape index (κ3) is 7.56. The molecular formula is C29H29F4N7O7S. The Morgan fingerprint density at radius 1 is 1.12 bits per heavy atom. The average molecular weight is 696 g/mol. The number of hydrogen-bond acceptors (Lipinski definition) is 12. The number of rotatable bonds is 7. The minimum Gasteiger partial charge on any atom is -0.444 e. The van der Waals surface area contributed by atoms with Gasteiger partial charge in [-0.1, -0.05) is 34.5 Å². The fraction of sp³-hybridized carbons (Fsp3) is 0.379. The number of nitrogens with zero attached hydrogens (tertiary/aromatic N) is 5. The van der Waals surface area contributed by atoms with Gasteiger partial charge >= 0.3 is 24.2 Å². The van der Waals surface area contributed by atoms with Gasteiger partial charge in [-0.25, -0.2) is 17.6 Å². The standard InChI is InChI=1S/C29H29F4N7O7S/c1-14(2)34-26-38-37-23(45-26)17-10-20-21(11-18(17)30)48(43,44)13-19(35-27(42)46-28(3,4)5)24(41)40(20)12-15-6-8-16(9-7-15)22-36-25(47-39-22)29(31,32)33/h6-11,14,19H,12-13H2,1-5H3,(H,34,38)(H,35,42)/t19-/m0/s1. The van der Waals surface area contributed by atoms with E-state index in [0.717, 1.165) is 17.0 Å². The summed E-state index contributed by atoms with van der Waals surface area (Å²) in [5.41, 5.74) is -1.03. The first kappa shape index (κ1) is 34.3. The van der Waals surface area contributed by atoms with Gasteiger partial charge in [-0.05, 0) is 52.3 Å². The van der Waals surface area contributed by atoms with Crippen molar-refractivity contribution in [2.75, 3.05) is 16.0 Å². The molecule has 2 amide bonds. The smallest absolute Gasteiger partial charge is 0.444 e. The maximum Gasteiger partial charge on any atom is 0.471 e. The van der Waals surface area contributed by atoms with Crippen molar-refractivity contribution in [3.05, 3.63) is 53.7 Å². The molecule has 14 nitrogen and oxygen atoms in total. The van der Waals surface area contributed by atoms with Gasteiger partial charge in [0.25, 0.3) is 11.8 Å². The molecule has 48 heavy (non-hydrogen) atoms. The van der Waals surface area contributed by atoms with Gasteiger partial charge < -0.3 is 29.2 Å². The zero-order valence-corrected chi connectivity index (χ0v) is 26.9. The normalized spacial score (nSPS) is 16.4. The molecule has 0 fully saturated rings. The third-order valence-corrected chi connectivity index (χ3v) is 8.37. The van der Waals surface area contributed by atoms with Gasteiger partial charge in [0.15, 0.2) is 9.84 Å². The average Bonchev–Trinajstić information content (AvgIpc) is 3.63. The molecule has 0 spiro atoms. The summed E-state index contributed by atoms with van der Waals surface area (Å²) < 4.78 is 96.6. The Kier molecular flexibility index (Phi) is 8.93. The number of hydrogen-bond donors (Lipinski definition) is 2. The van der Waals surface area contributed by atoms with Crippen molar-refractivity contribution in [2.24, 2.45) is 0 Å². The van der Waals surface area contributed by atoms with Crippen LogP contribution in [0.25, 0.3) is 22.8 Å². The number of fused-ring (bicyclic) bond motifs is 1. The van der Waals surface area contributed by atoms with E-state index in [-0.39, 0.29) is 47.1 Å². The van der Waals surface area contributed by atoms with E-state index in [2.05, 4.69) is 35.5 Å².